The predicted octanol–water partition coefficient (Wildman–Crippen LogP) is -1.36. The van der Waals surface area contributed by atoms with Gasteiger partial charge in [0.15, 0.2) is 0 Å². The van der Waals surface area contributed by atoms with Crippen LogP contribution in [-0.2, 0) is 14.4 Å². The molecule has 0 amide bonds. The molecule has 0 bridgehead atoms. The van der Waals surface area contributed by atoms with Crippen LogP contribution in [-0.4, -0.2) is 17.3 Å². The number of hydrogen-bond donors (Lipinski definition) is 2. The first kappa shape index (κ1) is 10.1. The minimum absolute atomic E-state index is 0.810. The molecule has 0 aromatic rings. The number of rotatable bonds is 4. The molecular weight excluding hydrogens is 160 g/mol. The number of carbonyl (C=O) groups is 3. The minimum Gasteiger partial charge on any atom is -0.404 e. The largest absolute Gasteiger partial charge is 0.404 e. The van der Waals surface area contributed by atoms with Gasteiger partial charge in [-0.25, -0.2) is 0 Å². The molecule has 0 aromatic heterocycles. The van der Waals surface area contributed by atoms with Crippen LogP contribution in [0.1, 0.15) is 0 Å². The molecule has 0 unspecified atom stereocenters. The van der Waals surface area contributed by atoms with E-state index < -0.39 is 17.3 Å². The Hall–Kier alpha value is -1.91. The van der Waals surface area contributed by atoms with Gasteiger partial charge in [-0.2, -0.15) is 0 Å². The van der Waals surface area contributed by atoms with E-state index in [9.17, 15) is 14.4 Å². The third-order valence-corrected chi connectivity index (χ3v) is 0.943. The first-order chi connectivity index (χ1) is 5.63. The molecule has 0 saturated carbocycles. The Labute approximate surface area is 68.7 Å². The zero-order chi connectivity index (χ0) is 9.56. The van der Waals surface area contributed by atoms with Crippen molar-refractivity contribution < 1.29 is 14.4 Å². The van der Waals surface area contributed by atoms with Gasteiger partial charge in [0, 0.05) is 12.2 Å². The van der Waals surface area contributed by atoms with E-state index in [0.29, 0.717) is 0 Å². The van der Waals surface area contributed by atoms with Crippen LogP contribution in [0.5, 0.6) is 0 Å². The van der Waals surface area contributed by atoms with Crippen LogP contribution >= 0.6 is 0 Å². The van der Waals surface area contributed by atoms with Crippen molar-refractivity contribution in [2.45, 2.75) is 0 Å². The van der Waals surface area contributed by atoms with Gasteiger partial charge in [0.2, 0.25) is 11.6 Å². The molecule has 0 aliphatic heterocycles. The summed E-state index contributed by atoms with van der Waals surface area (Å²) in [4.78, 5) is 32.0. The average Bonchev–Trinajstić information content (AvgIpc) is 2.04. The Morgan fingerprint density at radius 2 is 1.17 bits per heavy atom. The van der Waals surface area contributed by atoms with E-state index in [-0.39, 0.29) is 0 Å². The maximum absolute atomic E-state index is 10.7. The van der Waals surface area contributed by atoms with E-state index in [0.717, 1.165) is 24.6 Å². The molecule has 0 heterocycles. The summed E-state index contributed by atoms with van der Waals surface area (Å²) < 4.78 is 0. The van der Waals surface area contributed by atoms with Crippen LogP contribution in [0.2, 0.25) is 0 Å². The van der Waals surface area contributed by atoms with Gasteiger partial charge in [-0.15, -0.1) is 0 Å². The summed E-state index contributed by atoms with van der Waals surface area (Å²) >= 11 is 0. The lowest BCUT2D eigenvalue weighted by atomic mass is 10.2. The Bertz CT molecular complexity index is 240. The Morgan fingerprint density at radius 3 is 1.42 bits per heavy atom. The smallest absolute Gasteiger partial charge is 0.272 e. The molecule has 0 spiro atoms. The second-order valence-corrected chi connectivity index (χ2v) is 1.78. The van der Waals surface area contributed by atoms with Gasteiger partial charge >= 0.3 is 0 Å². The monoisotopic (exact) mass is 168 g/mol. The van der Waals surface area contributed by atoms with Gasteiger partial charge in [-0.05, 0) is 12.4 Å². The Kier molecular flexibility index (Phi) is 4.07. The summed E-state index contributed by atoms with van der Waals surface area (Å²) in [5.41, 5.74) is 9.67. The molecule has 0 fully saturated rings. The van der Waals surface area contributed by atoms with Gasteiger partial charge in [0.1, 0.15) is 0 Å². The lowest BCUT2D eigenvalue weighted by Gasteiger charge is -1.87. The Morgan fingerprint density at radius 1 is 0.833 bits per heavy atom. The van der Waals surface area contributed by atoms with Crippen LogP contribution in [0, 0.1) is 0 Å². The van der Waals surface area contributed by atoms with Gasteiger partial charge in [-0.3, -0.25) is 14.4 Å². The average molecular weight is 168 g/mol. The summed E-state index contributed by atoms with van der Waals surface area (Å²) in [6, 6.07) is 0. The number of hydrogen-bond acceptors (Lipinski definition) is 5. The molecule has 0 saturated heterocycles. The van der Waals surface area contributed by atoms with E-state index >= 15 is 0 Å². The maximum Gasteiger partial charge on any atom is 0.272 e. The third-order valence-electron chi connectivity index (χ3n) is 0.943. The van der Waals surface area contributed by atoms with Crippen LogP contribution in [0.15, 0.2) is 24.6 Å². The molecule has 64 valence electrons. The van der Waals surface area contributed by atoms with E-state index in [1.54, 1.807) is 0 Å². The minimum atomic E-state index is -1.15. The first-order valence-corrected chi connectivity index (χ1v) is 3.02. The number of Topliss-reactive ketones (excluding diaryl/α,β-unsaturated/α-hetero) is 1. The molecule has 0 aliphatic rings. The second kappa shape index (κ2) is 4.84. The molecule has 0 radical (unpaired) electrons. The number of ketones is 3. The van der Waals surface area contributed by atoms with Crippen molar-refractivity contribution in [1.29, 1.82) is 0 Å². The zero-order valence-electron chi connectivity index (χ0n) is 6.19. The molecule has 12 heavy (non-hydrogen) atoms. The normalized spacial score (nSPS) is 10.7. The van der Waals surface area contributed by atoms with Crippen LogP contribution in [0.25, 0.3) is 0 Å². The fourth-order valence-corrected chi connectivity index (χ4v) is 0.448. The van der Waals surface area contributed by atoms with Crippen LogP contribution in [0.4, 0.5) is 0 Å². The highest BCUT2D eigenvalue weighted by Gasteiger charge is 2.16. The van der Waals surface area contributed by atoms with E-state index in [2.05, 4.69) is 0 Å². The van der Waals surface area contributed by atoms with Crippen molar-refractivity contribution >= 4 is 17.3 Å². The van der Waals surface area contributed by atoms with Crippen molar-refractivity contribution in [3.05, 3.63) is 24.6 Å². The molecule has 4 N–H and O–H groups in total. The quantitative estimate of drug-likeness (QED) is 0.306. The molecular formula is C7H8N2O3. The first-order valence-electron chi connectivity index (χ1n) is 3.02. The highest BCUT2D eigenvalue weighted by atomic mass is 16.2. The van der Waals surface area contributed by atoms with Gasteiger partial charge in [0.25, 0.3) is 5.78 Å². The molecule has 0 aliphatic carbocycles. The lowest BCUT2D eigenvalue weighted by Crippen LogP contribution is -2.20. The summed E-state index contributed by atoms with van der Waals surface area (Å²) in [7, 11) is 0. The second-order valence-electron chi connectivity index (χ2n) is 1.78. The SMILES string of the molecule is NC=CC(=O)C(=O)C(=O)C=CN. The van der Waals surface area contributed by atoms with Gasteiger partial charge in [-0.1, -0.05) is 0 Å². The number of carbonyl (C=O) groups excluding carboxylic acids is 3. The predicted molar refractivity (Wildman–Crippen MR) is 41.7 cm³/mol. The third kappa shape index (κ3) is 2.78. The van der Waals surface area contributed by atoms with E-state index in [1.807, 2.05) is 0 Å². The summed E-state index contributed by atoms with van der Waals surface area (Å²) in [5.74, 6) is -3.07. The van der Waals surface area contributed by atoms with E-state index in [4.69, 9.17) is 11.5 Å². The fourth-order valence-electron chi connectivity index (χ4n) is 0.448. The van der Waals surface area contributed by atoms with Crippen molar-refractivity contribution in [2.75, 3.05) is 0 Å². The Balaban J connectivity index is 4.40. The standard InChI is InChI=1S/C7H8N2O3/c8-3-1-5(10)7(12)6(11)2-4-9/h1-4H,8-9H2. The molecule has 0 rings (SSSR count). The van der Waals surface area contributed by atoms with Crippen LogP contribution in [0.3, 0.4) is 0 Å². The lowest BCUT2D eigenvalue weighted by molar-refractivity contribution is -0.140. The van der Waals surface area contributed by atoms with E-state index in [1.165, 1.54) is 0 Å². The van der Waals surface area contributed by atoms with Crippen molar-refractivity contribution in [1.82, 2.24) is 0 Å². The number of allylic oxidation sites excluding steroid dienone is 2. The van der Waals surface area contributed by atoms with Crippen molar-refractivity contribution in [2.24, 2.45) is 11.5 Å². The molecule has 5 heteroatoms. The maximum atomic E-state index is 10.7. The topological polar surface area (TPSA) is 103 Å². The fraction of sp³-hybridized carbons (Fsp3) is 0. The van der Waals surface area contributed by atoms with Crippen molar-refractivity contribution in [3.63, 3.8) is 0 Å². The summed E-state index contributed by atoms with van der Waals surface area (Å²) in [6.07, 6.45) is 3.40. The van der Waals surface area contributed by atoms with Gasteiger partial charge in [0.05, 0.1) is 0 Å². The molecule has 0 aromatic carbocycles. The van der Waals surface area contributed by atoms with Crippen LogP contribution < -0.4 is 11.5 Å². The molecule has 5 nitrogen and oxygen atoms in total. The number of nitrogens with two attached hydrogens (primary N) is 2. The summed E-state index contributed by atoms with van der Waals surface area (Å²) in [5, 5.41) is 0. The zero-order valence-corrected chi connectivity index (χ0v) is 6.19. The highest BCUT2D eigenvalue weighted by molar-refractivity contribution is 6.68. The summed E-state index contributed by atoms with van der Waals surface area (Å²) in [6.45, 7) is 0. The highest BCUT2D eigenvalue weighted by Crippen LogP contribution is 1.83. The van der Waals surface area contributed by atoms with Gasteiger partial charge < -0.3 is 11.5 Å². The van der Waals surface area contributed by atoms with Crippen molar-refractivity contribution in [3.8, 4) is 0 Å². The molecule has 0 atom stereocenters.